The molecule has 0 spiro atoms. The van der Waals surface area contributed by atoms with E-state index in [1.807, 2.05) is 42.6 Å². The highest BCUT2D eigenvalue weighted by Crippen LogP contribution is 2.51. The minimum atomic E-state index is -0.513. The highest BCUT2D eigenvalue weighted by Gasteiger charge is 2.52. The predicted molar refractivity (Wildman–Crippen MR) is 129 cm³/mol. The van der Waals surface area contributed by atoms with Crippen LogP contribution in [-0.4, -0.2) is 17.7 Å². The Morgan fingerprint density at radius 3 is 2.76 bits per heavy atom. The predicted octanol–water partition coefficient (Wildman–Crippen LogP) is 6.52. The fraction of sp³-hybridized carbons (Fsp3) is 0.385. The van der Waals surface area contributed by atoms with E-state index in [9.17, 15) is 4.79 Å². The van der Waals surface area contributed by atoms with Gasteiger partial charge in [-0.2, -0.15) is 0 Å². The zero-order valence-corrected chi connectivity index (χ0v) is 19.8. The number of benzene rings is 2. The lowest BCUT2D eigenvalue weighted by atomic mass is 9.77. The van der Waals surface area contributed by atoms with Crippen LogP contribution in [0.25, 0.3) is 0 Å². The van der Waals surface area contributed by atoms with Crippen LogP contribution < -0.4 is 14.8 Å². The van der Waals surface area contributed by atoms with Crippen molar-refractivity contribution in [3.63, 3.8) is 0 Å². The highest BCUT2D eigenvalue weighted by atomic mass is 35.5. The van der Waals surface area contributed by atoms with Crippen molar-refractivity contribution < 1.29 is 14.3 Å². The van der Waals surface area contributed by atoms with E-state index in [0.29, 0.717) is 10.9 Å². The largest absolute Gasteiger partial charge is 0.454 e. The van der Waals surface area contributed by atoms with Crippen molar-refractivity contribution in [2.24, 2.45) is 5.92 Å². The van der Waals surface area contributed by atoms with Gasteiger partial charge < -0.3 is 14.8 Å². The van der Waals surface area contributed by atoms with Gasteiger partial charge in [0.25, 0.3) is 0 Å². The first-order valence-electron chi connectivity index (χ1n) is 11.5. The Morgan fingerprint density at radius 2 is 2.00 bits per heavy atom. The van der Waals surface area contributed by atoms with E-state index in [0.717, 1.165) is 52.0 Å². The number of amides is 1. The minimum Gasteiger partial charge on any atom is -0.454 e. The van der Waals surface area contributed by atoms with Gasteiger partial charge in [-0.05, 0) is 54.5 Å². The number of fused-ring (bicyclic) bond motifs is 1. The smallest absolute Gasteiger partial charge is 0.236 e. The van der Waals surface area contributed by atoms with Gasteiger partial charge >= 0.3 is 0 Å². The summed E-state index contributed by atoms with van der Waals surface area (Å²) in [7, 11) is 0. The van der Waals surface area contributed by atoms with Crippen molar-refractivity contribution in [1.29, 1.82) is 0 Å². The molecule has 1 amide bonds. The lowest BCUT2D eigenvalue weighted by Gasteiger charge is -2.29. The number of ether oxygens (including phenoxy) is 2. The zero-order valence-electron chi connectivity index (χ0n) is 18.2. The Kier molecular flexibility index (Phi) is 5.30. The van der Waals surface area contributed by atoms with Crippen LogP contribution in [-0.2, 0) is 10.2 Å². The summed E-state index contributed by atoms with van der Waals surface area (Å²) < 4.78 is 10.9. The molecule has 3 aliphatic rings. The molecule has 1 N–H and O–H groups in total. The Balaban J connectivity index is 1.22. The molecule has 170 valence electrons. The van der Waals surface area contributed by atoms with Crippen LogP contribution in [0.5, 0.6) is 11.5 Å². The molecule has 1 atom stereocenters. The summed E-state index contributed by atoms with van der Waals surface area (Å²) >= 11 is 8.14. The molecule has 33 heavy (non-hydrogen) atoms. The summed E-state index contributed by atoms with van der Waals surface area (Å²) in [5.74, 6) is 2.37. The second-order valence-electron chi connectivity index (χ2n) is 9.28. The molecule has 2 heterocycles. The van der Waals surface area contributed by atoms with Gasteiger partial charge in [-0.1, -0.05) is 55.1 Å². The van der Waals surface area contributed by atoms with Gasteiger partial charge in [-0.25, -0.2) is 4.98 Å². The molecule has 2 saturated carbocycles. The van der Waals surface area contributed by atoms with Crippen molar-refractivity contribution in [2.45, 2.75) is 49.9 Å². The van der Waals surface area contributed by atoms with Gasteiger partial charge in [0, 0.05) is 22.0 Å². The summed E-state index contributed by atoms with van der Waals surface area (Å²) in [5.41, 5.74) is 1.60. The number of hydrogen-bond donors (Lipinski definition) is 1. The average molecular weight is 481 g/mol. The minimum absolute atomic E-state index is 0.00412. The van der Waals surface area contributed by atoms with Crippen LogP contribution in [0.3, 0.4) is 0 Å². The Bertz CT molecular complexity index is 1200. The summed E-state index contributed by atoms with van der Waals surface area (Å²) in [4.78, 5) is 19.0. The second-order valence-corrected chi connectivity index (χ2v) is 10.7. The molecule has 1 unspecified atom stereocenters. The molecule has 0 bridgehead atoms. The molecule has 0 saturated heterocycles. The van der Waals surface area contributed by atoms with Crippen LogP contribution >= 0.6 is 22.9 Å². The van der Waals surface area contributed by atoms with E-state index in [4.69, 9.17) is 21.1 Å². The SMILES string of the molecule is O=C(Nc1ncc(C(CC2CCC2)c2ccccc2Cl)s1)C1(c2ccc3c(c2)OCO3)CC1. The van der Waals surface area contributed by atoms with Gasteiger partial charge in [0.15, 0.2) is 16.6 Å². The summed E-state index contributed by atoms with van der Waals surface area (Å²) in [6.45, 7) is 0.229. The number of carbonyl (C=O) groups excluding carboxylic acids is 1. The molecule has 1 aromatic heterocycles. The van der Waals surface area contributed by atoms with Gasteiger partial charge in [-0.15, -0.1) is 11.3 Å². The third-order valence-corrected chi connectivity index (χ3v) is 8.64. The van der Waals surface area contributed by atoms with Crippen molar-refractivity contribution in [3.05, 3.63) is 69.7 Å². The molecule has 2 fully saturated rings. The van der Waals surface area contributed by atoms with E-state index in [2.05, 4.69) is 16.4 Å². The third-order valence-electron chi connectivity index (χ3n) is 7.27. The molecule has 3 aromatic rings. The van der Waals surface area contributed by atoms with Crippen LogP contribution in [0.4, 0.5) is 5.13 Å². The number of rotatable bonds is 7. The van der Waals surface area contributed by atoms with Crippen molar-refractivity contribution in [1.82, 2.24) is 4.98 Å². The first-order valence-corrected chi connectivity index (χ1v) is 12.7. The van der Waals surface area contributed by atoms with Crippen LogP contribution in [0, 0.1) is 5.92 Å². The maximum Gasteiger partial charge on any atom is 0.236 e. The maximum atomic E-state index is 13.3. The number of nitrogens with one attached hydrogen (secondary N) is 1. The van der Waals surface area contributed by atoms with Gasteiger partial charge in [0.1, 0.15) is 0 Å². The average Bonchev–Trinajstić information content (AvgIpc) is 3.25. The fourth-order valence-corrected chi connectivity index (χ4v) is 6.11. The van der Waals surface area contributed by atoms with E-state index < -0.39 is 5.41 Å². The van der Waals surface area contributed by atoms with Gasteiger partial charge in [0.05, 0.1) is 5.41 Å². The van der Waals surface area contributed by atoms with Crippen LogP contribution in [0.1, 0.15) is 60.4 Å². The molecule has 7 heteroatoms. The van der Waals surface area contributed by atoms with Crippen molar-refractivity contribution >= 4 is 34.0 Å². The van der Waals surface area contributed by atoms with E-state index in [1.54, 1.807) is 11.3 Å². The zero-order chi connectivity index (χ0) is 22.4. The Labute approximate surface area is 202 Å². The molecular weight excluding hydrogens is 456 g/mol. The third kappa shape index (κ3) is 3.89. The Morgan fingerprint density at radius 1 is 1.18 bits per heavy atom. The van der Waals surface area contributed by atoms with Gasteiger partial charge in [-0.3, -0.25) is 4.79 Å². The number of thiazole rings is 1. The lowest BCUT2D eigenvalue weighted by molar-refractivity contribution is -0.118. The normalized spacial score (nSPS) is 19.1. The Hall–Kier alpha value is -2.57. The quantitative estimate of drug-likeness (QED) is 0.418. The summed E-state index contributed by atoms with van der Waals surface area (Å²) in [6.07, 6.45) is 8.49. The molecule has 1 aliphatic heterocycles. The summed E-state index contributed by atoms with van der Waals surface area (Å²) in [5, 5.41) is 4.54. The standard InChI is InChI=1S/C26H25ClN2O3S/c27-20-7-2-1-6-18(20)19(12-16-4-3-5-16)23-14-28-25(33-23)29-24(30)26(10-11-26)17-8-9-21-22(13-17)32-15-31-21/h1-2,6-9,13-14,16,19H,3-5,10-12,15H2,(H,28,29,30). The van der Waals surface area contributed by atoms with E-state index in [-0.39, 0.29) is 18.6 Å². The maximum absolute atomic E-state index is 13.3. The molecule has 0 radical (unpaired) electrons. The van der Waals surface area contributed by atoms with Crippen molar-refractivity contribution in [3.8, 4) is 11.5 Å². The number of halogens is 1. The number of aromatic nitrogens is 1. The molecular formula is C26H25ClN2O3S. The number of nitrogens with zero attached hydrogens (tertiary/aromatic N) is 1. The number of hydrogen-bond acceptors (Lipinski definition) is 5. The second kappa shape index (κ2) is 8.33. The van der Waals surface area contributed by atoms with Crippen LogP contribution in [0.2, 0.25) is 5.02 Å². The monoisotopic (exact) mass is 480 g/mol. The first kappa shape index (κ1) is 21.0. The summed E-state index contributed by atoms with van der Waals surface area (Å²) in [6, 6.07) is 13.9. The topological polar surface area (TPSA) is 60.5 Å². The van der Waals surface area contributed by atoms with Gasteiger partial charge in [0.2, 0.25) is 12.7 Å². The number of carbonyl (C=O) groups is 1. The lowest BCUT2D eigenvalue weighted by Crippen LogP contribution is -2.27. The van der Waals surface area contributed by atoms with Crippen LogP contribution in [0.15, 0.2) is 48.7 Å². The number of anilines is 1. The molecule has 6 rings (SSSR count). The molecule has 5 nitrogen and oxygen atoms in total. The van der Waals surface area contributed by atoms with E-state index >= 15 is 0 Å². The highest BCUT2D eigenvalue weighted by molar-refractivity contribution is 7.15. The molecule has 2 aliphatic carbocycles. The fourth-order valence-electron chi connectivity index (χ4n) is 4.90. The molecule has 2 aromatic carbocycles. The van der Waals surface area contributed by atoms with E-state index in [1.165, 1.54) is 19.3 Å². The van der Waals surface area contributed by atoms with Crippen molar-refractivity contribution in [2.75, 3.05) is 12.1 Å². The first-order chi connectivity index (χ1) is 16.1.